The number of hydrogen-bond donors (Lipinski definition) is 2. The van der Waals surface area contributed by atoms with Crippen LogP contribution in [-0.4, -0.2) is 16.6 Å². The lowest BCUT2D eigenvalue weighted by Gasteiger charge is -2.48. The van der Waals surface area contributed by atoms with E-state index in [1.165, 1.54) is 0 Å². The van der Waals surface area contributed by atoms with Crippen LogP contribution in [0.3, 0.4) is 0 Å². The summed E-state index contributed by atoms with van der Waals surface area (Å²) in [4.78, 5) is 11.2. The Labute approximate surface area is 85.7 Å². The molecule has 2 atom stereocenters. The molecule has 0 amide bonds. The summed E-state index contributed by atoms with van der Waals surface area (Å²) in [5, 5.41) is 9.21. The van der Waals surface area contributed by atoms with E-state index in [2.05, 4.69) is 13.8 Å². The topological polar surface area (TPSA) is 63.3 Å². The molecule has 1 saturated carbocycles. The average Bonchev–Trinajstić information content (AvgIpc) is 1.76. The summed E-state index contributed by atoms with van der Waals surface area (Å²) in [5.41, 5.74) is 5.11. The van der Waals surface area contributed by atoms with Crippen LogP contribution in [0.15, 0.2) is 0 Å². The van der Waals surface area contributed by atoms with E-state index in [9.17, 15) is 9.90 Å². The van der Waals surface area contributed by atoms with Gasteiger partial charge in [0.1, 0.15) is 0 Å². The molecule has 1 aliphatic rings. The lowest BCUT2D eigenvalue weighted by atomic mass is 9.58. The molecule has 0 spiro atoms. The zero-order valence-corrected chi connectivity index (χ0v) is 9.55. The maximum absolute atomic E-state index is 11.2. The monoisotopic (exact) mass is 199 g/mol. The van der Waals surface area contributed by atoms with Gasteiger partial charge in [0, 0.05) is 5.54 Å². The number of aliphatic carboxylic acids is 1. The Balaban J connectivity index is 2.97. The van der Waals surface area contributed by atoms with Crippen molar-refractivity contribution in [3.8, 4) is 0 Å². The van der Waals surface area contributed by atoms with E-state index in [1.54, 1.807) is 6.92 Å². The Hall–Kier alpha value is -0.570. The van der Waals surface area contributed by atoms with Crippen LogP contribution in [0.4, 0.5) is 0 Å². The highest BCUT2D eigenvalue weighted by atomic mass is 16.4. The average molecular weight is 199 g/mol. The van der Waals surface area contributed by atoms with Gasteiger partial charge in [-0.1, -0.05) is 13.8 Å². The van der Waals surface area contributed by atoms with Crippen LogP contribution in [0.5, 0.6) is 0 Å². The number of carboxylic acids is 1. The van der Waals surface area contributed by atoms with Gasteiger partial charge in [0.15, 0.2) is 0 Å². The van der Waals surface area contributed by atoms with Gasteiger partial charge in [-0.3, -0.25) is 4.79 Å². The fraction of sp³-hybridized carbons (Fsp3) is 0.909. The number of carbonyl (C=O) groups is 1. The van der Waals surface area contributed by atoms with E-state index in [0.29, 0.717) is 12.8 Å². The van der Waals surface area contributed by atoms with Crippen molar-refractivity contribution < 1.29 is 9.90 Å². The molecule has 0 aromatic rings. The second kappa shape index (κ2) is 2.96. The van der Waals surface area contributed by atoms with Crippen LogP contribution in [0, 0.1) is 10.8 Å². The molecule has 82 valence electrons. The number of rotatable bonds is 1. The van der Waals surface area contributed by atoms with Gasteiger partial charge in [0.05, 0.1) is 5.41 Å². The van der Waals surface area contributed by atoms with E-state index in [0.717, 1.165) is 6.42 Å². The minimum atomic E-state index is -0.720. The van der Waals surface area contributed by atoms with Crippen LogP contribution < -0.4 is 5.73 Å². The largest absolute Gasteiger partial charge is 0.481 e. The standard InChI is InChI=1S/C11H21NO2/c1-9(2)5-10(3,8(13)14)7-11(4,12)6-9/h5-7,12H2,1-4H3,(H,13,14)/t10-,11+/m0/s1. The Morgan fingerprint density at radius 3 is 2.00 bits per heavy atom. The first-order chi connectivity index (χ1) is 6.06. The van der Waals surface area contributed by atoms with Crippen molar-refractivity contribution in [3.63, 3.8) is 0 Å². The van der Waals surface area contributed by atoms with Crippen molar-refractivity contribution in [2.45, 2.75) is 52.5 Å². The molecule has 1 fully saturated rings. The fourth-order valence-corrected chi connectivity index (χ4v) is 3.38. The molecule has 0 heterocycles. The first-order valence-electron chi connectivity index (χ1n) is 5.09. The minimum absolute atomic E-state index is 0.0227. The van der Waals surface area contributed by atoms with Gasteiger partial charge in [0.2, 0.25) is 0 Å². The Morgan fingerprint density at radius 2 is 1.64 bits per heavy atom. The van der Waals surface area contributed by atoms with Crippen molar-refractivity contribution in [1.82, 2.24) is 0 Å². The summed E-state index contributed by atoms with van der Waals surface area (Å²) >= 11 is 0. The highest BCUT2D eigenvalue weighted by Gasteiger charge is 2.49. The highest BCUT2D eigenvalue weighted by Crippen LogP contribution is 2.49. The quantitative estimate of drug-likeness (QED) is 0.679. The molecule has 14 heavy (non-hydrogen) atoms. The third-order valence-corrected chi connectivity index (χ3v) is 3.06. The number of nitrogens with two attached hydrogens (primary N) is 1. The summed E-state index contributed by atoms with van der Waals surface area (Å²) in [5.74, 6) is -0.720. The van der Waals surface area contributed by atoms with Crippen molar-refractivity contribution in [2.24, 2.45) is 16.6 Å². The highest BCUT2D eigenvalue weighted by molar-refractivity contribution is 5.74. The molecular formula is C11H21NO2. The molecule has 0 aromatic carbocycles. The second-order valence-corrected chi connectivity index (χ2v) is 6.21. The molecule has 0 unspecified atom stereocenters. The van der Waals surface area contributed by atoms with Crippen molar-refractivity contribution in [2.75, 3.05) is 0 Å². The van der Waals surface area contributed by atoms with E-state index >= 15 is 0 Å². The minimum Gasteiger partial charge on any atom is -0.481 e. The first kappa shape index (κ1) is 11.5. The molecule has 3 heteroatoms. The number of carboxylic acid groups (broad SMARTS) is 1. The summed E-state index contributed by atoms with van der Waals surface area (Å²) in [6.07, 6.45) is 2.17. The maximum Gasteiger partial charge on any atom is 0.309 e. The van der Waals surface area contributed by atoms with Gasteiger partial charge in [-0.15, -0.1) is 0 Å². The van der Waals surface area contributed by atoms with Crippen molar-refractivity contribution in [3.05, 3.63) is 0 Å². The Morgan fingerprint density at radius 1 is 1.14 bits per heavy atom. The normalized spacial score (nSPS) is 42.1. The van der Waals surface area contributed by atoms with Gasteiger partial charge in [-0.2, -0.15) is 0 Å². The lowest BCUT2D eigenvalue weighted by molar-refractivity contribution is -0.154. The van der Waals surface area contributed by atoms with E-state index in [4.69, 9.17) is 5.73 Å². The lowest BCUT2D eigenvalue weighted by Crippen LogP contribution is -2.53. The van der Waals surface area contributed by atoms with Crippen molar-refractivity contribution >= 4 is 5.97 Å². The van der Waals surface area contributed by atoms with E-state index in [-0.39, 0.29) is 11.0 Å². The molecule has 0 aromatic heterocycles. The Bertz CT molecular complexity index is 240. The van der Waals surface area contributed by atoms with E-state index in [1.807, 2.05) is 6.92 Å². The number of hydrogen-bond acceptors (Lipinski definition) is 2. The maximum atomic E-state index is 11.2. The smallest absolute Gasteiger partial charge is 0.309 e. The molecular weight excluding hydrogens is 178 g/mol. The van der Waals surface area contributed by atoms with Gasteiger partial charge >= 0.3 is 5.97 Å². The second-order valence-electron chi connectivity index (χ2n) is 6.21. The van der Waals surface area contributed by atoms with Crippen LogP contribution in [-0.2, 0) is 4.79 Å². The Kier molecular flexibility index (Phi) is 2.43. The fourth-order valence-electron chi connectivity index (χ4n) is 3.38. The van der Waals surface area contributed by atoms with Gasteiger partial charge in [-0.25, -0.2) is 0 Å². The van der Waals surface area contributed by atoms with Gasteiger partial charge in [-0.05, 0) is 38.5 Å². The summed E-state index contributed by atoms with van der Waals surface area (Å²) in [6, 6.07) is 0. The summed E-state index contributed by atoms with van der Waals surface area (Å²) < 4.78 is 0. The van der Waals surface area contributed by atoms with Crippen LogP contribution in [0.1, 0.15) is 47.0 Å². The van der Waals surface area contributed by atoms with Crippen LogP contribution in [0.2, 0.25) is 0 Å². The molecule has 1 aliphatic carbocycles. The predicted octanol–water partition coefficient (Wildman–Crippen LogP) is 2.00. The third kappa shape index (κ3) is 2.27. The van der Waals surface area contributed by atoms with Crippen molar-refractivity contribution in [1.29, 1.82) is 0 Å². The molecule has 0 aliphatic heterocycles. The molecule has 1 rings (SSSR count). The zero-order valence-electron chi connectivity index (χ0n) is 9.55. The molecule has 3 N–H and O–H groups in total. The first-order valence-corrected chi connectivity index (χ1v) is 5.09. The summed E-state index contributed by atoms with van der Waals surface area (Å²) in [7, 11) is 0. The SMILES string of the molecule is CC1(C)C[C@@](C)(N)C[C@@](C)(C(=O)O)C1. The third-order valence-electron chi connectivity index (χ3n) is 3.06. The summed E-state index contributed by atoms with van der Waals surface area (Å²) in [6.45, 7) is 7.95. The zero-order chi connectivity index (χ0) is 11.2. The molecule has 0 saturated heterocycles. The van der Waals surface area contributed by atoms with Crippen LogP contribution in [0.25, 0.3) is 0 Å². The van der Waals surface area contributed by atoms with E-state index < -0.39 is 11.4 Å². The van der Waals surface area contributed by atoms with Crippen LogP contribution >= 0.6 is 0 Å². The molecule has 3 nitrogen and oxygen atoms in total. The van der Waals surface area contributed by atoms with Gasteiger partial charge < -0.3 is 10.8 Å². The molecule has 0 radical (unpaired) electrons. The van der Waals surface area contributed by atoms with Gasteiger partial charge in [0.25, 0.3) is 0 Å². The predicted molar refractivity (Wildman–Crippen MR) is 56.0 cm³/mol. The molecule has 0 bridgehead atoms.